The van der Waals surface area contributed by atoms with Gasteiger partial charge in [-0.2, -0.15) is 5.26 Å². The first-order valence-electron chi connectivity index (χ1n) is 16.1. The smallest absolute Gasteiger partial charge is 0.246 e. The van der Waals surface area contributed by atoms with Gasteiger partial charge in [0.1, 0.15) is 5.75 Å². The Bertz CT molecular complexity index is 1220. The number of nitrogens with one attached hydrogen (secondary N) is 2. The first-order valence-corrected chi connectivity index (χ1v) is 16.1. The Morgan fingerprint density at radius 3 is 2.81 bits per heavy atom. The molecule has 10 nitrogen and oxygen atoms in total. The zero-order valence-electron chi connectivity index (χ0n) is 26.1. The first kappa shape index (κ1) is 30.4. The summed E-state index contributed by atoms with van der Waals surface area (Å²) in [6.45, 7) is 8.61. The molecule has 4 heterocycles. The number of anilines is 1. The van der Waals surface area contributed by atoms with Crippen LogP contribution in [0.15, 0.2) is 30.9 Å². The normalized spacial score (nSPS) is 34.8. The Morgan fingerprint density at radius 2 is 2.07 bits per heavy atom. The molecule has 2 N–H and O–H groups in total. The number of methoxy groups -OCH3 is 1. The van der Waals surface area contributed by atoms with Crippen LogP contribution in [0.1, 0.15) is 44.1 Å². The number of nitriles is 1. The van der Waals surface area contributed by atoms with Crippen molar-refractivity contribution in [1.82, 2.24) is 25.3 Å². The summed E-state index contributed by atoms with van der Waals surface area (Å²) in [5, 5.41) is 17.4. The lowest BCUT2D eigenvalue weighted by Crippen LogP contribution is -2.73. The van der Waals surface area contributed by atoms with Crippen molar-refractivity contribution >= 4 is 11.6 Å². The number of piperazine rings is 1. The lowest BCUT2D eigenvalue weighted by atomic mass is 9.62. The molecule has 1 aliphatic carbocycles. The van der Waals surface area contributed by atoms with Gasteiger partial charge in [-0.3, -0.25) is 20.3 Å². The minimum Gasteiger partial charge on any atom is -0.497 e. The van der Waals surface area contributed by atoms with Gasteiger partial charge in [0, 0.05) is 56.9 Å². The highest BCUT2D eigenvalue weighted by Crippen LogP contribution is 2.49. The van der Waals surface area contributed by atoms with Crippen LogP contribution in [0.5, 0.6) is 5.75 Å². The highest BCUT2D eigenvalue weighted by molar-refractivity contribution is 5.87. The zero-order chi connectivity index (χ0) is 30.1. The molecule has 0 radical (unpaired) electrons. The van der Waals surface area contributed by atoms with Gasteiger partial charge in [-0.1, -0.05) is 6.58 Å². The maximum absolute atomic E-state index is 12.6. The Kier molecular flexibility index (Phi) is 8.99. The monoisotopic (exact) mass is 591 g/mol. The van der Waals surface area contributed by atoms with E-state index in [2.05, 4.69) is 70.3 Å². The minimum atomic E-state index is -0.244. The van der Waals surface area contributed by atoms with E-state index in [1.54, 1.807) is 7.11 Å². The van der Waals surface area contributed by atoms with E-state index in [1.807, 2.05) is 4.90 Å². The highest BCUT2D eigenvalue weighted by Gasteiger charge is 2.50. The largest absolute Gasteiger partial charge is 0.497 e. The summed E-state index contributed by atoms with van der Waals surface area (Å²) < 4.78 is 12.2. The van der Waals surface area contributed by atoms with E-state index >= 15 is 0 Å². The number of nitrogens with zero attached hydrogens (tertiary/aromatic N) is 5. The Hall–Kier alpha value is -2.68. The van der Waals surface area contributed by atoms with Crippen LogP contribution in [0.2, 0.25) is 0 Å². The topological polar surface area (TPSA) is 96.3 Å². The number of fused-ring (bicyclic) bond motifs is 2. The second kappa shape index (κ2) is 12.7. The molecule has 7 atom stereocenters. The van der Waals surface area contributed by atoms with Gasteiger partial charge in [0.15, 0.2) is 6.35 Å². The summed E-state index contributed by atoms with van der Waals surface area (Å²) in [5.41, 5.74) is 2.86. The first-order chi connectivity index (χ1) is 20.8. The lowest BCUT2D eigenvalue weighted by Gasteiger charge is -2.57. The molecule has 1 amide bonds. The van der Waals surface area contributed by atoms with Crippen molar-refractivity contribution in [3.05, 3.63) is 36.4 Å². The fourth-order valence-corrected chi connectivity index (χ4v) is 8.72. The van der Waals surface area contributed by atoms with Crippen molar-refractivity contribution in [3.8, 4) is 11.8 Å². The van der Waals surface area contributed by atoms with Crippen LogP contribution in [0, 0.1) is 22.7 Å². The highest BCUT2D eigenvalue weighted by atomic mass is 16.5. The standard InChI is InChI=1S/C33H49N7O3/c1-5-30(41)40-16-15-39(20-24(40)11-13-34)31-27-10-12-33(18-23-17-26(42-4)8-9-29(23)38(3)22-33)19-28(27)35-32(36-31)43-21-25-7-6-14-37(25)2/h5,8-9,17,24-25,27-28,31-32,35-36H,1,6-7,10-12,14-16,18-22H2,2-4H3/t24?,25?,27?,28?,31?,32?,33-/m1/s1. The lowest BCUT2D eigenvalue weighted by molar-refractivity contribution is -0.137. The van der Waals surface area contributed by atoms with Crippen molar-refractivity contribution in [1.29, 1.82) is 5.26 Å². The predicted molar refractivity (Wildman–Crippen MR) is 166 cm³/mol. The Labute approximate surface area is 256 Å². The number of likely N-dealkylation sites (tertiary alicyclic amines) is 1. The van der Waals surface area contributed by atoms with Crippen LogP contribution in [-0.4, -0.2) is 112 Å². The van der Waals surface area contributed by atoms with E-state index in [4.69, 9.17) is 9.47 Å². The van der Waals surface area contributed by atoms with Crippen molar-refractivity contribution in [2.45, 2.75) is 75.6 Å². The number of carbonyl (C=O) groups excluding carboxylic acids is 1. The van der Waals surface area contributed by atoms with Crippen LogP contribution in [0.25, 0.3) is 0 Å². The molecule has 6 rings (SSSR count). The van der Waals surface area contributed by atoms with Crippen LogP contribution >= 0.6 is 0 Å². The third kappa shape index (κ3) is 6.16. The second-order valence-corrected chi connectivity index (χ2v) is 13.6. The molecular formula is C33H49N7O3. The predicted octanol–water partition coefficient (Wildman–Crippen LogP) is 2.37. The summed E-state index contributed by atoms with van der Waals surface area (Å²) in [5.74, 6) is 1.24. The van der Waals surface area contributed by atoms with Crippen molar-refractivity contribution in [3.63, 3.8) is 0 Å². The number of benzene rings is 1. The molecule has 1 aromatic rings. The molecule has 4 fully saturated rings. The van der Waals surface area contributed by atoms with Crippen LogP contribution in [-0.2, 0) is 16.0 Å². The molecule has 1 spiro atoms. The van der Waals surface area contributed by atoms with Crippen molar-refractivity contribution < 1.29 is 14.3 Å². The van der Waals surface area contributed by atoms with Gasteiger partial charge in [-0.15, -0.1) is 0 Å². The molecule has 3 saturated heterocycles. The van der Waals surface area contributed by atoms with E-state index in [0.29, 0.717) is 44.1 Å². The second-order valence-electron chi connectivity index (χ2n) is 13.6. The maximum atomic E-state index is 12.6. The Balaban J connectivity index is 1.22. The SMILES string of the molecule is C=CC(=O)N1CCN(C2NC(OCC3CCCN3C)NC3C[C@@]4(CCC32)Cc2cc(OC)ccc2N(C)C4)CC1CC#N. The molecular weight excluding hydrogens is 542 g/mol. The summed E-state index contributed by atoms with van der Waals surface area (Å²) in [6.07, 6.45) is 8.36. The molecule has 1 saturated carbocycles. The van der Waals surface area contributed by atoms with Gasteiger partial charge in [0.05, 0.1) is 38.4 Å². The fraction of sp³-hybridized carbons (Fsp3) is 0.697. The van der Waals surface area contributed by atoms with E-state index in [-0.39, 0.29) is 29.9 Å². The molecule has 0 aromatic heterocycles. The van der Waals surface area contributed by atoms with E-state index in [1.165, 1.54) is 30.2 Å². The van der Waals surface area contributed by atoms with Gasteiger partial charge in [-0.25, -0.2) is 0 Å². The number of hydrogen-bond donors (Lipinski definition) is 2. The number of ether oxygens (including phenoxy) is 2. The average Bonchev–Trinajstić information content (AvgIpc) is 3.43. The number of likely N-dealkylation sites (N-methyl/N-ethyl adjacent to an activating group) is 1. The number of hydrogen-bond acceptors (Lipinski definition) is 9. The van der Waals surface area contributed by atoms with Gasteiger partial charge in [0.2, 0.25) is 5.91 Å². The third-order valence-corrected chi connectivity index (χ3v) is 10.9. The fourth-order valence-electron chi connectivity index (χ4n) is 8.72. The molecule has 43 heavy (non-hydrogen) atoms. The van der Waals surface area contributed by atoms with E-state index in [9.17, 15) is 10.1 Å². The molecule has 4 aliphatic heterocycles. The van der Waals surface area contributed by atoms with Gasteiger partial charge < -0.3 is 24.2 Å². The van der Waals surface area contributed by atoms with Gasteiger partial charge in [0.25, 0.3) is 0 Å². The molecule has 1 aromatic carbocycles. The zero-order valence-corrected chi connectivity index (χ0v) is 26.1. The third-order valence-electron chi connectivity index (χ3n) is 10.9. The molecule has 10 heteroatoms. The molecule has 6 unspecified atom stereocenters. The van der Waals surface area contributed by atoms with Crippen LogP contribution in [0.4, 0.5) is 5.69 Å². The molecule has 0 bridgehead atoms. The number of rotatable bonds is 7. The molecule has 5 aliphatic rings. The summed E-state index contributed by atoms with van der Waals surface area (Å²) in [6, 6.07) is 9.41. The van der Waals surface area contributed by atoms with Crippen molar-refractivity contribution in [2.24, 2.45) is 11.3 Å². The quantitative estimate of drug-likeness (QED) is 0.464. The van der Waals surface area contributed by atoms with Crippen LogP contribution in [0.3, 0.4) is 0 Å². The average molecular weight is 592 g/mol. The summed E-state index contributed by atoms with van der Waals surface area (Å²) in [4.78, 5) is 21.7. The minimum absolute atomic E-state index is 0.0871. The van der Waals surface area contributed by atoms with Gasteiger partial charge in [-0.05, 0) is 87.4 Å². The number of carbonyl (C=O) groups is 1. The molecule has 234 valence electrons. The van der Waals surface area contributed by atoms with E-state index < -0.39 is 0 Å². The Morgan fingerprint density at radius 1 is 1.21 bits per heavy atom. The van der Waals surface area contributed by atoms with Crippen LogP contribution < -0.4 is 20.3 Å². The summed E-state index contributed by atoms with van der Waals surface area (Å²) in [7, 11) is 6.16. The maximum Gasteiger partial charge on any atom is 0.246 e. The number of amides is 1. The van der Waals surface area contributed by atoms with Gasteiger partial charge >= 0.3 is 0 Å². The summed E-state index contributed by atoms with van der Waals surface area (Å²) >= 11 is 0. The van der Waals surface area contributed by atoms with Crippen molar-refractivity contribution in [2.75, 3.05) is 65.4 Å². The van der Waals surface area contributed by atoms with E-state index in [0.717, 1.165) is 51.1 Å².